The van der Waals surface area contributed by atoms with Gasteiger partial charge in [0, 0.05) is 50.3 Å². The summed E-state index contributed by atoms with van der Waals surface area (Å²) in [6, 6.07) is 8.55. The molecule has 3 amide bonds. The molecule has 0 spiro atoms. The molecule has 2 aromatic heterocycles. The van der Waals surface area contributed by atoms with Gasteiger partial charge in [-0.15, -0.1) is 0 Å². The van der Waals surface area contributed by atoms with Crippen LogP contribution in [-0.4, -0.2) is 49.6 Å². The molecule has 3 aromatic rings. The predicted octanol–water partition coefficient (Wildman–Crippen LogP) is 4.51. The van der Waals surface area contributed by atoms with E-state index in [1.165, 1.54) is 11.1 Å². The van der Waals surface area contributed by atoms with Crippen LogP contribution in [0.4, 0.5) is 5.69 Å². The van der Waals surface area contributed by atoms with Crippen molar-refractivity contribution in [1.82, 2.24) is 30.0 Å². The largest absolute Gasteiger partial charge is 0.355 e. The molecule has 6 rings (SSSR count). The molecule has 44 heavy (non-hydrogen) atoms. The number of aryl methyl sites for hydroxylation is 2. The van der Waals surface area contributed by atoms with Crippen LogP contribution < -0.4 is 16.0 Å². The molecule has 10 nitrogen and oxygen atoms in total. The lowest BCUT2D eigenvalue weighted by molar-refractivity contribution is -0.127. The Morgan fingerprint density at radius 2 is 1.80 bits per heavy atom. The van der Waals surface area contributed by atoms with Crippen LogP contribution in [0.3, 0.4) is 0 Å². The van der Waals surface area contributed by atoms with Crippen molar-refractivity contribution in [3.8, 4) is 0 Å². The number of aromatic nitrogens is 4. The van der Waals surface area contributed by atoms with E-state index in [2.05, 4.69) is 33.0 Å². The summed E-state index contributed by atoms with van der Waals surface area (Å²) in [5.74, 6) is 0.291. The minimum Gasteiger partial charge on any atom is -0.355 e. The minimum absolute atomic E-state index is 0.0910. The van der Waals surface area contributed by atoms with E-state index in [1.807, 2.05) is 49.0 Å². The Bertz CT molecular complexity index is 1540. The Morgan fingerprint density at radius 3 is 2.39 bits per heavy atom. The standard InChI is InChI=1S/C34H45N7O3/c1-22-35-20-27(40(22)3)28(23-11-12-23)29(39-30(42)26-13-18-37-41(26)4)31(43)38-25-10-7-9-24(19-25)34(16-5-6-17-34)32(44)36-21-33(2)14-8-15-33/h7,9-10,13,18-20,23,28-29H,5-6,8,11-12,14-17,21H2,1-4H3,(H,36,44)(H,38,43)(H,39,42)/t28?,29-/m0/s1. The minimum atomic E-state index is -0.838. The number of rotatable bonds is 11. The van der Waals surface area contributed by atoms with Crippen molar-refractivity contribution in [2.75, 3.05) is 11.9 Å². The van der Waals surface area contributed by atoms with Crippen molar-refractivity contribution < 1.29 is 14.4 Å². The molecule has 1 aromatic carbocycles. The van der Waals surface area contributed by atoms with E-state index < -0.39 is 11.5 Å². The van der Waals surface area contributed by atoms with Crippen LogP contribution in [0.5, 0.6) is 0 Å². The van der Waals surface area contributed by atoms with Gasteiger partial charge in [-0.1, -0.05) is 38.3 Å². The second kappa shape index (κ2) is 11.9. The fraction of sp³-hybridized carbons (Fsp3) is 0.559. The van der Waals surface area contributed by atoms with Gasteiger partial charge >= 0.3 is 0 Å². The summed E-state index contributed by atoms with van der Waals surface area (Å²) in [4.78, 5) is 45.9. The molecule has 0 bridgehead atoms. The highest BCUT2D eigenvalue weighted by atomic mass is 16.2. The lowest BCUT2D eigenvalue weighted by Crippen LogP contribution is -2.49. The van der Waals surface area contributed by atoms with Crippen molar-refractivity contribution in [2.24, 2.45) is 25.4 Å². The molecule has 1 unspecified atom stereocenters. The molecule has 10 heteroatoms. The highest BCUT2D eigenvalue weighted by molar-refractivity contribution is 6.01. The van der Waals surface area contributed by atoms with Gasteiger partial charge in [-0.2, -0.15) is 5.10 Å². The van der Waals surface area contributed by atoms with Crippen molar-refractivity contribution in [2.45, 2.75) is 89.0 Å². The summed E-state index contributed by atoms with van der Waals surface area (Å²) in [6.45, 7) is 4.89. The molecule has 3 aliphatic rings. The number of imidazole rings is 1. The third-order valence-electron chi connectivity index (χ3n) is 10.5. The zero-order chi connectivity index (χ0) is 31.1. The number of carbonyl (C=O) groups is 3. The Kier molecular flexibility index (Phi) is 8.11. The van der Waals surface area contributed by atoms with Crippen molar-refractivity contribution in [3.05, 3.63) is 65.5 Å². The second-order valence-corrected chi connectivity index (χ2v) is 13.6. The number of hydrogen-bond acceptors (Lipinski definition) is 5. The van der Waals surface area contributed by atoms with E-state index in [1.54, 1.807) is 19.3 Å². The molecule has 234 valence electrons. The number of anilines is 1. The van der Waals surface area contributed by atoms with Crippen LogP contribution in [0.2, 0.25) is 0 Å². The van der Waals surface area contributed by atoms with E-state index in [0.29, 0.717) is 17.9 Å². The first-order chi connectivity index (χ1) is 21.1. The van der Waals surface area contributed by atoms with Gasteiger partial charge in [0.1, 0.15) is 17.6 Å². The average molecular weight is 600 g/mol. The van der Waals surface area contributed by atoms with Crippen molar-refractivity contribution in [3.63, 3.8) is 0 Å². The number of hydrogen-bond donors (Lipinski definition) is 3. The molecule has 0 radical (unpaired) electrons. The maximum absolute atomic E-state index is 14.2. The summed E-state index contributed by atoms with van der Waals surface area (Å²) in [5, 5.41) is 13.6. The number of amides is 3. The van der Waals surface area contributed by atoms with Gasteiger partial charge in [0.15, 0.2) is 0 Å². The normalized spacial score (nSPS) is 19.9. The monoisotopic (exact) mass is 599 g/mol. The molecular weight excluding hydrogens is 554 g/mol. The van der Waals surface area contributed by atoms with Crippen molar-refractivity contribution >= 4 is 23.4 Å². The van der Waals surface area contributed by atoms with Gasteiger partial charge < -0.3 is 20.5 Å². The molecule has 0 saturated heterocycles. The molecule has 3 fully saturated rings. The summed E-state index contributed by atoms with van der Waals surface area (Å²) in [5.41, 5.74) is 2.45. The van der Waals surface area contributed by atoms with Gasteiger partial charge in [0.05, 0.1) is 5.41 Å². The molecule has 2 atom stereocenters. The van der Waals surface area contributed by atoms with E-state index >= 15 is 0 Å². The summed E-state index contributed by atoms with van der Waals surface area (Å²) < 4.78 is 3.51. The third kappa shape index (κ3) is 5.78. The fourth-order valence-corrected chi connectivity index (χ4v) is 7.26. The maximum atomic E-state index is 14.2. The number of nitrogens with zero attached hydrogens (tertiary/aromatic N) is 4. The first kappa shape index (κ1) is 30.1. The quantitative estimate of drug-likeness (QED) is 0.299. The zero-order valence-electron chi connectivity index (χ0n) is 26.4. The fourth-order valence-electron chi connectivity index (χ4n) is 7.26. The van der Waals surface area contributed by atoms with Crippen LogP contribution in [0, 0.1) is 18.3 Å². The zero-order valence-corrected chi connectivity index (χ0v) is 26.4. The molecule has 3 saturated carbocycles. The van der Waals surface area contributed by atoms with Crippen LogP contribution in [0.15, 0.2) is 42.7 Å². The first-order valence-electron chi connectivity index (χ1n) is 16.1. The molecule has 2 heterocycles. The van der Waals surface area contributed by atoms with Crippen molar-refractivity contribution in [1.29, 1.82) is 0 Å². The smallest absolute Gasteiger partial charge is 0.270 e. The van der Waals surface area contributed by atoms with Crippen LogP contribution in [0.25, 0.3) is 0 Å². The van der Waals surface area contributed by atoms with Gasteiger partial charge in [0.25, 0.3) is 5.91 Å². The Hall–Kier alpha value is -3.95. The van der Waals surface area contributed by atoms with E-state index in [4.69, 9.17) is 0 Å². The van der Waals surface area contributed by atoms with Crippen LogP contribution in [-0.2, 0) is 29.1 Å². The third-order valence-corrected chi connectivity index (χ3v) is 10.5. The van der Waals surface area contributed by atoms with E-state index in [-0.39, 0.29) is 35.0 Å². The number of carbonyl (C=O) groups excluding carboxylic acids is 3. The van der Waals surface area contributed by atoms with Crippen LogP contribution in [0.1, 0.15) is 98.2 Å². The summed E-state index contributed by atoms with van der Waals surface area (Å²) >= 11 is 0. The summed E-state index contributed by atoms with van der Waals surface area (Å²) in [6.07, 6.45) is 12.5. The lowest BCUT2D eigenvalue weighted by atomic mass is 9.70. The van der Waals surface area contributed by atoms with Gasteiger partial charge in [0.2, 0.25) is 11.8 Å². The SMILES string of the molecule is Cc1ncc(C(C2CC2)[C@H](NC(=O)c2ccnn2C)C(=O)Nc2cccc(C3(C(=O)NCC4(C)CCC4)CCCC3)c2)n1C. The lowest BCUT2D eigenvalue weighted by Gasteiger charge is -2.39. The van der Waals surface area contributed by atoms with E-state index in [0.717, 1.165) is 68.4 Å². The molecular formula is C34H45N7O3. The average Bonchev–Trinajstić information content (AvgIpc) is 3.36. The molecule has 3 N–H and O–H groups in total. The molecule has 3 aliphatic carbocycles. The summed E-state index contributed by atoms with van der Waals surface area (Å²) in [7, 11) is 3.66. The second-order valence-electron chi connectivity index (χ2n) is 13.6. The number of benzene rings is 1. The molecule has 0 aliphatic heterocycles. The highest BCUT2D eigenvalue weighted by Gasteiger charge is 2.45. The topological polar surface area (TPSA) is 123 Å². The Balaban J connectivity index is 1.27. The first-order valence-corrected chi connectivity index (χ1v) is 16.1. The highest BCUT2D eigenvalue weighted by Crippen LogP contribution is 2.46. The predicted molar refractivity (Wildman–Crippen MR) is 168 cm³/mol. The van der Waals surface area contributed by atoms with Gasteiger partial charge in [-0.05, 0) is 80.5 Å². The van der Waals surface area contributed by atoms with Gasteiger partial charge in [-0.3, -0.25) is 19.1 Å². The Labute approximate surface area is 259 Å². The van der Waals surface area contributed by atoms with E-state index in [9.17, 15) is 14.4 Å². The van der Waals surface area contributed by atoms with Crippen LogP contribution >= 0.6 is 0 Å². The van der Waals surface area contributed by atoms with Gasteiger partial charge in [-0.25, -0.2) is 4.98 Å². The number of nitrogens with one attached hydrogen (secondary N) is 3. The maximum Gasteiger partial charge on any atom is 0.270 e. The Morgan fingerprint density at radius 1 is 1.05 bits per heavy atom.